The van der Waals surface area contributed by atoms with Crippen LogP contribution in [0.4, 0.5) is 11.5 Å². The highest BCUT2D eigenvalue weighted by atomic mass is 79.9. The molecule has 0 atom stereocenters. The van der Waals surface area contributed by atoms with Crippen LogP contribution in [0.5, 0.6) is 0 Å². The summed E-state index contributed by atoms with van der Waals surface area (Å²) in [7, 11) is 0. The van der Waals surface area contributed by atoms with Crippen molar-refractivity contribution < 1.29 is 0 Å². The van der Waals surface area contributed by atoms with Crippen LogP contribution in [0, 0.1) is 6.92 Å². The van der Waals surface area contributed by atoms with Gasteiger partial charge in [-0.1, -0.05) is 30.1 Å². The van der Waals surface area contributed by atoms with Crippen LogP contribution >= 0.6 is 39.1 Å². The van der Waals surface area contributed by atoms with E-state index in [0.717, 1.165) is 22.1 Å². The molecule has 1 aromatic carbocycles. The second-order valence-electron chi connectivity index (χ2n) is 4.01. The Hall–Kier alpha value is -0.840. The first-order valence-electron chi connectivity index (χ1n) is 5.76. The van der Waals surface area contributed by atoms with Gasteiger partial charge in [0.25, 0.3) is 0 Å². The van der Waals surface area contributed by atoms with Gasteiger partial charge in [-0.3, -0.25) is 0 Å². The van der Waals surface area contributed by atoms with Gasteiger partial charge in [0.15, 0.2) is 0 Å². The van der Waals surface area contributed by atoms with E-state index in [1.807, 2.05) is 32.0 Å². The van der Waals surface area contributed by atoms with Crippen LogP contribution in [0.1, 0.15) is 18.3 Å². The molecule has 0 bridgehead atoms. The van der Waals surface area contributed by atoms with E-state index in [2.05, 4.69) is 31.2 Å². The van der Waals surface area contributed by atoms with Crippen LogP contribution in [0.15, 0.2) is 22.7 Å². The Morgan fingerprint density at radius 3 is 2.63 bits per heavy atom. The zero-order chi connectivity index (χ0) is 14.0. The average Bonchev–Trinajstić information content (AvgIpc) is 2.39. The molecule has 0 saturated carbocycles. The minimum absolute atomic E-state index is 0.474. The predicted octanol–water partition coefficient (Wildman–Crippen LogP) is 5.16. The van der Waals surface area contributed by atoms with Gasteiger partial charge in [0.1, 0.15) is 16.8 Å². The van der Waals surface area contributed by atoms with Crippen LogP contribution in [0.2, 0.25) is 10.2 Å². The first-order valence-corrected chi connectivity index (χ1v) is 7.31. The number of nitrogens with zero attached hydrogens (tertiary/aromatic N) is 2. The number of nitrogens with one attached hydrogen (secondary N) is 1. The van der Waals surface area contributed by atoms with Crippen molar-refractivity contribution in [3.63, 3.8) is 0 Å². The summed E-state index contributed by atoms with van der Waals surface area (Å²) in [6.07, 6.45) is 0.735. The van der Waals surface area contributed by atoms with Gasteiger partial charge in [-0.2, -0.15) is 0 Å². The molecular weight excluding hydrogens is 349 g/mol. The van der Waals surface area contributed by atoms with Gasteiger partial charge < -0.3 is 5.32 Å². The van der Waals surface area contributed by atoms with Gasteiger partial charge in [0.2, 0.25) is 0 Å². The molecule has 0 fully saturated rings. The monoisotopic (exact) mass is 359 g/mol. The van der Waals surface area contributed by atoms with Crippen LogP contribution < -0.4 is 5.32 Å². The van der Waals surface area contributed by atoms with Crippen molar-refractivity contribution in [3.05, 3.63) is 44.2 Å². The molecule has 2 aromatic rings. The maximum absolute atomic E-state index is 6.10. The predicted molar refractivity (Wildman–Crippen MR) is 83.6 cm³/mol. The quantitative estimate of drug-likeness (QED) is 0.768. The Morgan fingerprint density at radius 1 is 1.26 bits per heavy atom. The van der Waals surface area contributed by atoms with Crippen molar-refractivity contribution >= 4 is 50.6 Å². The van der Waals surface area contributed by atoms with Gasteiger partial charge in [-0.25, -0.2) is 9.97 Å². The summed E-state index contributed by atoms with van der Waals surface area (Å²) >= 11 is 15.5. The van der Waals surface area contributed by atoms with Crippen LogP contribution in [0.3, 0.4) is 0 Å². The lowest BCUT2D eigenvalue weighted by atomic mass is 10.3. The van der Waals surface area contributed by atoms with Crippen molar-refractivity contribution in [2.75, 3.05) is 5.32 Å². The second kappa shape index (κ2) is 6.07. The van der Waals surface area contributed by atoms with Crippen molar-refractivity contribution in [3.8, 4) is 0 Å². The molecule has 2 rings (SSSR count). The minimum Gasteiger partial charge on any atom is -0.340 e. The summed E-state index contributed by atoms with van der Waals surface area (Å²) in [5.74, 6) is 1.43. The average molecular weight is 361 g/mol. The highest BCUT2D eigenvalue weighted by Gasteiger charge is 2.09. The smallest absolute Gasteiger partial charge is 0.138 e. The van der Waals surface area contributed by atoms with E-state index >= 15 is 0 Å². The molecular formula is C13H12BrCl2N3. The molecule has 0 amide bonds. The summed E-state index contributed by atoms with van der Waals surface area (Å²) in [5.41, 5.74) is 1.71. The lowest BCUT2D eigenvalue weighted by molar-refractivity contribution is 0.934. The lowest BCUT2D eigenvalue weighted by Gasteiger charge is -2.11. The summed E-state index contributed by atoms with van der Waals surface area (Å²) in [6.45, 7) is 3.87. The molecule has 0 spiro atoms. The fourth-order valence-corrected chi connectivity index (χ4v) is 2.21. The van der Waals surface area contributed by atoms with E-state index in [-0.39, 0.29) is 0 Å². The SMILES string of the molecule is CCc1nc(Cl)c(C)c(Nc2ccc(Cl)c(Br)c2)n1. The third-order valence-electron chi connectivity index (χ3n) is 2.63. The number of aryl methyl sites for hydroxylation is 1. The summed E-state index contributed by atoms with van der Waals surface area (Å²) in [5, 5.41) is 4.37. The maximum Gasteiger partial charge on any atom is 0.138 e. The number of rotatable bonds is 3. The number of hydrogen-bond donors (Lipinski definition) is 1. The molecule has 1 N–H and O–H groups in total. The summed E-state index contributed by atoms with van der Waals surface area (Å²) < 4.78 is 0.827. The Morgan fingerprint density at radius 2 is 2.00 bits per heavy atom. The van der Waals surface area contributed by atoms with E-state index in [9.17, 15) is 0 Å². The fourth-order valence-electron chi connectivity index (χ4n) is 1.52. The molecule has 19 heavy (non-hydrogen) atoms. The number of hydrogen-bond acceptors (Lipinski definition) is 3. The number of aromatic nitrogens is 2. The van der Waals surface area contributed by atoms with E-state index in [4.69, 9.17) is 23.2 Å². The lowest BCUT2D eigenvalue weighted by Crippen LogP contribution is -2.03. The van der Waals surface area contributed by atoms with Crippen LogP contribution in [-0.2, 0) is 6.42 Å². The van der Waals surface area contributed by atoms with Gasteiger partial charge in [-0.15, -0.1) is 0 Å². The third-order valence-corrected chi connectivity index (χ3v) is 4.21. The molecule has 0 radical (unpaired) electrons. The maximum atomic E-state index is 6.10. The molecule has 3 nitrogen and oxygen atoms in total. The Kier molecular flexibility index (Phi) is 4.66. The van der Waals surface area contributed by atoms with E-state index in [1.165, 1.54) is 0 Å². The van der Waals surface area contributed by atoms with E-state index < -0.39 is 0 Å². The molecule has 1 heterocycles. The molecule has 0 unspecified atom stereocenters. The third kappa shape index (κ3) is 3.38. The fraction of sp³-hybridized carbons (Fsp3) is 0.231. The Balaban J connectivity index is 2.37. The molecule has 0 saturated heterocycles. The number of halogens is 3. The molecule has 0 aliphatic heterocycles. The standard InChI is InChI=1S/C13H12BrCl2N3/c1-3-11-18-12(16)7(2)13(19-11)17-8-4-5-10(15)9(14)6-8/h4-6H,3H2,1-2H3,(H,17,18,19). The molecule has 0 aliphatic rings. The highest BCUT2D eigenvalue weighted by molar-refractivity contribution is 9.10. The number of benzene rings is 1. The summed E-state index contributed by atoms with van der Waals surface area (Å²) in [6, 6.07) is 5.59. The van der Waals surface area contributed by atoms with Crippen LogP contribution in [-0.4, -0.2) is 9.97 Å². The molecule has 1 aromatic heterocycles. The highest BCUT2D eigenvalue weighted by Crippen LogP contribution is 2.29. The van der Waals surface area contributed by atoms with Crippen molar-refractivity contribution in [2.24, 2.45) is 0 Å². The first-order chi connectivity index (χ1) is 9.01. The topological polar surface area (TPSA) is 37.8 Å². The Bertz CT molecular complexity index is 617. The van der Waals surface area contributed by atoms with Gasteiger partial charge in [-0.05, 0) is 41.1 Å². The normalized spacial score (nSPS) is 10.6. The van der Waals surface area contributed by atoms with Crippen molar-refractivity contribution in [1.82, 2.24) is 9.97 Å². The number of anilines is 2. The van der Waals surface area contributed by atoms with Crippen molar-refractivity contribution in [2.45, 2.75) is 20.3 Å². The molecule has 0 aliphatic carbocycles. The van der Waals surface area contributed by atoms with E-state index in [0.29, 0.717) is 21.8 Å². The van der Waals surface area contributed by atoms with Crippen molar-refractivity contribution in [1.29, 1.82) is 0 Å². The summed E-state index contributed by atoms with van der Waals surface area (Å²) in [4.78, 5) is 8.65. The molecule has 6 heteroatoms. The Labute approximate surface area is 130 Å². The van der Waals surface area contributed by atoms with Gasteiger partial charge in [0.05, 0.1) is 5.02 Å². The van der Waals surface area contributed by atoms with Gasteiger partial charge >= 0.3 is 0 Å². The van der Waals surface area contributed by atoms with E-state index in [1.54, 1.807) is 0 Å². The minimum atomic E-state index is 0.474. The zero-order valence-corrected chi connectivity index (χ0v) is 13.6. The molecule has 100 valence electrons. The zero-order valence-electron chi connectivity index (χ0n) is 10.5. The van der Waals surface area contributed by atoms with Crippen LogP contribution in [0.25, 0.3) is 0 Å². The van der Waals surface area contributed by atoms with Gasteiger partial charge in [0, 0.05) is 22.1 Å². The second-order valence-corrected chi connectivity index (χ2v) is 5.63. The largest absolute Gasteiger partial charge is 0.340 e. The first kappa shape index (κ1) is 14.6.